The van der Waals surface area contributed by atoms with Crippen molar-refractivity contribution in [2.45, 2.75) is 5.33 Å². The van der Waals surface area contributed by atoms with Gasteiger partial charge < -0.3 is 5.73 Å². The Hall–Kier alpha value is -0.0200. The lowest BCUT2D eigenvalue weighted by Gasteiger charge is -1.99. The molecule has 54 valence electrons. The highest BCUT2D eigenvalue weighted by Gasteiger charge is 1.96. The third-order valence-electron chi connectivity index (χ3n) is 1.21. The number of benzene rings is 1. The highest BCUT2D eigenvalue weighted by Crippen LogP contribution is 2.21. The summed E-state index contributed by atoms with van der Waals surface area (Å²) < 4.78 is 1.10. The molecule has 0 amide bonds. The largest absolute Gasteiger partial charge is 0.399 e. The molecule has 0 saturated heterocycles. The average Bonchev–Trinajstić information content (AvgIpc) is 1.94. The monoisotopic (exact) mass is 263 g/mol. The normalized spacial score (nSPS) is 9.80. The van der Waals surface area contributed by atoms with Gasteiger partial charge in [0.1, 0.15) is 0 Å². The van der Waals surface area contributed by atoms with Gasteiger partial charge in [-0.15, -0.1) is 0 Å². The molecule has 0 aromatic heterocycles. The van der Waals surface area contributed by atoms with E-state index in [0.717, 1.165) is 15.5 Å². The molecule has 1 rings (SSSR count). The number of halogens is 2. The summed E-state index contributed by atoms with van der Waals surface area (Å²) in [7, 11) is 0. The molecule has 0 heterocycles. The molecule has 0 bridgehead atoms. The SMILES string of the molecule is Nc1ccc(Br)c(CBr)c1. The Bertz CT molecular complexity index is 235. The third-order valence-corrected chi connectivity index (χ3v) is 2.59. The van der Waals surface area contributed by atoms with Gasteiger partial charge in [-0.25, -0.2) is 0 Å². The Balaban J connectivity index is 3.09. The van der Waals surface area contributed by atoms with Crippen LogP contribution in [0.2, 0.25) is 0 Å². The van der Waals surface area contributed by atoms with Crippen LogP contribution in [0.5, 0.6) is 0 Å². The van der Waals surface area contributed by atoms with Crippen molar-refractivity contribution in [1.29, 1.82) is 0 Å². The third kappa shape index (κ3) is 1.73. The molecule has 0 fully saturated rings. The van der Waals surface area contributed by atoms with E-state index in [4.69, 9.17) is 5.73 Å². The number of anilines is 1. The van der Waals surface area contributed by atoms with E-state index < -0.39 is 0 Å². The van der Waals surface area contributed by atoms with Crippen molar-refractivity contribution in [3.8, 4) is 0 Å². The molecule has 0 spiro atoms. The van der Waals surface area contributed by atoms with Gasteiger partial charge in [0.25, 0.3) is 0 Å². The molecule has 0 unspecified atom stereocenters. The molecule has 0 atom stereocenters. The van der Waals surface area contributed by atoms with E-state index in [2.05, 4.69) is 31.9 Å². The zero-order chi connectivity index (χ0) is 7.56. The lowest BCUT2D eigenvalue weighted by atomic mass is 10.2. The van der Waals surface area contributed by atoms with E-state index in [0.29, 0.717) is 0 Å². The van der Waals surface area contributed by atoms with Gasteiger partial charge in [0.2, 0.25) is 0 Å². The van der Waals surface area contributed by atoms with Crippen LogP contribution in [-0.4, -0.2) is 0 Å². The first-order valence-corrected chi connectivity index (χ1v) is 4.75. The van der Waals surface area contributed by atoms with Gasteiger partial charge >= 0.3 is 0 Å². The van der Waals surface area contributed by atoms with Gasteiger partial charge in [0, 0.05) is 15.5 Å². The van der Waals surface area contributed by atoms with Crippen molar-refractivity contribution in [2.75, 3.05) is 5.73 Å². The van der Waals surface area contributed by atoms with Crippen LogP contribution >= 0.6 is 31.9 Å². The maximum Gasteiger partial charge on any atom is 0.0317 e. The second-order valence-corrected chi connectivity index (χ2v) is 3.40. The van der Waals surface area contributed by atoms with Crippen molar-refractivity contribution in [3.05, 3.63) is 28.2 Å². The number of alkyl halides is 1. The Morgan fingerprint density at radius 1 is 1.40 bits per heavy atom. The maximum absolute atomic E-state index is 5.56. The number of hydrogen-bond donors (Lipinski definition) is 1. The zero-order valence-corrected chi connectivity index (χ0v) is 8.44. The summed E-state index contributed by atoms with van der Waals surface area (Å²) in [5.41, 5.74) is 7.55. The summed E-state index contributed by atoms with van der Waals surface area (Å²) in [6.45, 7) is 0. The second kappa shape index (κ2) is 3.39. The molecule has 0 radical (unpaired) electrons. The molecular formula is C7H7Br2N. The fraction of sp³-hybridized carbons (Fsp3) is 0.143. The fourth-order valence-corrected chi connectivity index (χ4v) is 1.92. The summed E-state index contributed by atoms with van der Waals surface area (Å²) in [4.78, 5) is 0. The van der Waals surface area contributed by atoms with Gasteiger partial charge in [-0.3, -0.25) is 0 Å². The number of nitrogen functional groups attached to an aromatic ring is 1. The van der Waals surface area contributed by atoms with Crippen molar-refractivity contribution in [1.82, 2.24) is 0 Å². The predicted molar refractivity (Wildman–Crippen MR) is 51.2 cm³/mol. The molecule has 2 N–H and O–H groups in total. The Morgan fingerprint density at radius 3 is 2.60 bits per heavy atom. The van der Waals surface area contributed by atoms with Gasteiger partial charge in [0.15, 0.2) is 0 Å². The van der Waals surface area contributed by atoms with E-state index in [1.165, 1.54) is 5.56 Å². The van der Waals surface area contributed by atoms with Crippen LogP contribution in [-0.2, 0) is 5.33 Å². The van der Waals surface area contributed by atoms with E-state index in [9.17, 15) is 0 Å². The molecule has 1 aromatic rings. The highest BCUT2D eigenvalue weighted by atomic mass is 79.9. The molecule has 1 nitrogen and oxygen atoms in total. The van der Waals surface area contributed by atoms with Gasteiger partial charge in [-0.1, -0.05) is 31.9 Å². The Kier molecular flexibility index (Phi) is 2.74. The fourth-order valence-electron chi connectivity index (χ4n) is 0.697. The lowest BCUT2D eigenvalue weighted by molar-refractivity contribution is 1.40. The van der Waals surface area contributed by atoms with Crippen molar-refractivity contribution >= 4 is 37.5 Å². The minimum Gasteiger partial charge on any atom is -0.399 e. The first kappa shape index (κ1) is 8.08. The zero-order valence-electron chi connectivity index (χ0n) is 5.27. The van der Waals surface area contributed by atoms with Gasteiger partial charge in [0.05, 0.1) is 0 Å². The smallest absolute Gasteiger partial charge is 0.0317 e. The molecule has 3 heteroatoms. The van der Waals surface area contributed by atoms with Gasteiger partial charge in [-0.05, 0) is 23.8 Å². The quantitative estimate of drug-likeness (QED) is 0.613. The summed E-state index contributed by atoms with van der Waals surface area (Å²) in [5.74, 6) is 0. The minimum atomic E-state index is 0.803. The number of rotatable bonds is 1. The predicted octanol–water partition coefficient (Wildman–Crippen LogP) is 2.93. The Labute approximate surface area is 76.9 Å². The van der Waals surface area contributed by atoms with Crippen LogP contribution in [0.1, 0.15) is 5.56 Å². The van der Waals surface area contributed by atoms with Crippen LogP contribution in [0.4, 0.5) is 5.69 Å². The molecular weight excluding hydrogens is 258 g/mol. The number of hydrogen-bond acceptors (Lipinski definition) is 1. The molecule has 0 aliphatic heterocycles. The summed E-state index contributed by atoms with van der Waals surface area (Å²) in [5, 5.41) is 0.832. The van der Waals surface area contributed by atoms with Crippen LogP contribution in [0.15, 0.2) is 22.7 Å². The van der Waals surface area contributed by atoms with Crippen LogP contribution in [0.3, 0.4) is 0 Å². The lowest BCUT2D eigenvalue weighted by Crippen LogP contribution is -1.86. The molecule has 10 heavy (non-hydrogen) atoms. The van der Waals surface area contributed by atoms with Crippen LogP contribution in [0, 0.1) is 0 Å². The first-order chi connectivity index (χ1) is 4.74. The van der Waals surface area contributed by atoms with Crippen molar-refractivity contribution in [3.63, 3.8) is 0 Å². The summed E-state index contributed by atoms with van der Waals surface area (Å²) in [6.07, 6.45) is 0. The minimum absolute atomic E-state index is 0.803. The van der Waals surface area contributed by atoms with E-state index in [-0.39, 0.29) is 0 Å². The second-order valence-electron chi connectivity index (χ2n) is 1.98. The maximum atomic E-state index is 5.56. The van der Waals surface area contributed by atoms with Crippen molar-refractivity contribution in [2.24, 2.45) is 0 Å². The van der Waals surface area contributed by atoms with E-state index in [1.807, 2.05) is 18.2 Å². The van der Waals surface area contributed by atoms with E-state index in [1.54, 1.807) is 0 Å². The topological polar surface area (TPSA) is 26.0 Å². The molecule has 0 aliphatic carbocycles. The van der Waals surface area contributed by atoms with Crippen LogP contribution in [0.25, 0.3) is 0 Å². The van der Waals surface area contributed by atoms with Gasteiger partial charge in [-0.2, -0.15) is 0 Å². The van der Waals surface area contributed by atoms with Crippen molar-refractivity contribution < 1.29 is 0 Å². The molecule has 0 aliphatic rings. The average molecular weight is 265 g/mol. The summed E-state index contributed by atoms with van der Waals surface area (Å²) in [6, 6.07) is 5.76. The summed E-state index contributed by atoms with van der Waals surface area (Å²) >= 11 is 6.76. The first-order valence-electron chi connectivity index (χ1n) is 2.84. The standard InChI is InChI=1S/C7H7Br2N/c8-4-5-3-6(10)1-2-7(5)9/h1-3H,4,10H2. The molecule has 1 aromatic carbocycles. The Morgan fingerprint density at radius 2 is 2.10 bits per heavy atom. The number of nitrogens with two attached hydrogens (primary N) is 1. The van der Waals surface area contributed by atoms with E-state index >= 15 is 0 Å². The molecule has 0 saturated carbocycles. The van der Waals surface area contributed by atoms with Crippen LogP contribution < -0.4 is 5.73 Å². The highest BCUT2D eigenvalue weighted by molar-refractivity contribution is 9.10.